The first-order chi connectivity index (χ1) is 16.9. The van der Waals surface area contributed by atoms with E-state index in [4.69, 9.17) is 14.5 Å². The van der Waals surface area contributed by atoms with Crippen LogP contribution in [0.4, 0.5) is 4.39 Å². The van der Waals surface area contributed by atoms with E-state index in [0.717, 1.165) is 26.4 Å². The molecule has 0 fully saturated rings. The van der Waals surface area contributed by atoms with E-state index in [0.29, 0.717) is 12.0 Å². The van der Waals surface area contributed by atoms with Gasteiger partial charge in [-0.25, -0.2) is 8.96 Å². The minimum atomic E-state index is -4.10. The van der Waals surface area contributed by atoms with Crippen molar-refractivity contribution in [2.75, 3.05) is 13.7 Å². The summed E-state index contributed by atoms with van der Waals surface area (Å²) in [6, 6.07) is 5.98. The number of phosphoric acid groups is 1. The normalized spacial score (nSPS) is 13.9. The lowest BCUT2D eigenvalue weighted by Crippen LogP contribution is -2.19. The van der Waals surface area contributed by atoms with Gasteiger partial charge in [-0.1, -0.05) is 96.8 Å². The van der Waals surface area contributed by atoms with E-state index in [1.54, 1.807) is 6.07 Å². The summed E-state index contributed by atoms with van der Waals surface area (Å²) in [6.45, 7) is 2.24. The molecule has 0 saturated carbocycles. The second-order valence-corrected chi connectivity index (χ2v) is 10.8. The Labute approximate surface area is 211 Å². The summed E-state index contributed by atoms with van der Waals surface area (Å²) in [4.78, 5) is 9.53. The van der Waals surface area contributed by atoms with Crippen LogP contribution in [0.5, 0.6) is 0 Å². The Morgan fingerprint density at radius 3 is 2.00 bits per heavy atom. The zero-order valence-corrected chi connectivity index (χ0v) is 22.6. The van der Waals surface area contributed by atoms with E-state index in [1.807, 2.05) is 6.07 Å². The van der Waals surface area contributed by atoms with Gasteiger partial charge in [0.25, 0.3) is 0 Å². The molecule has 0 saturated heterocycles. The highest BCUT2D eigenvalue weighted by Crippen LogP contribution is 2.42. The average Bonchev–Trinajstić information content (AvgIpc) is 2.85. The summed E-state index contributed by atoms with van der Waals surface area (Å²) < 4.78 is 40.6. The van der Waals surface area contributed by atoms with Crippen LogP contribution in [0.15, 0.2) is 18.2 Å². The number of phosphoric ester groups is 1. The molecule has 0 heterocycles. The molecule has 0 amide bonds. The molecular formula is C27H45FNO5P. The standard InChI is InChI=1S/C27H45FNO5P/c1-3-4-5-6-7-8-9-10-11-12-13-14-15-16-17-27(23-34-35(30,31)32-2)33-22-25-18-24(21-29)19-26(28)20-25/h18-20,27H,3-17,22-23H2,1-2H3,(H,30,31)/t27-/m0/s1. The fraction of sp³-hybridized carbons (Fsp3) is 0.741. The minimum absolute atomic E-state index is 0.0851. The van der Waals surface area contributed by atoms with Crippen molar-refractivity contribution in [1.29, 1.82) is 5.26 Å². The predicted octanol–water partition coefficient (Wildman–Crippen LogP) is 8.22. The summed E-state index contributed by atoms with van der Waals surface area (Å²) in [7, 11) is -2.99. The van der Waals surface area contributed by atoms with Crippen molar-refractivity contribution in [1.82, 2.24) is 0 Å². The zero-order chi connectivity index (χ0) is 25.8. The number of nitriles is 1. The fourth-order valence-corrected chi connectivity index (χ4v) is 4.48. The maximum atomic E-state index is 13.7. The second-order valence-electron chi connectivity index (χ2n) is 9.22. The van der Waals surface area contributed by atoms with Gasteiger partial charge >= 0.3 is 7.82 Å². The quantitative estimate of drug-likeness (QED) is 0.124. The first-order valence-corrected chi connectivity index (χ1v) is 14.7. The van der Waals surface area contributed by atoms with Crippen molar-refractivity contribution >= 4 is 7.82 Å². The summed E-state index contributed by atoms with van der Waals surface area (Å²) in [5, 5.41) is 9.01. The molecule has 1 aromatic rings. The van der Waals surface area contributed by atoms with Crippen molar-refractivity contribution in [3.05, 3.63) is 35.1 Å². The number of unbranched alkanes of at least 4 members (excludes halogenated alkanes) is 13. The Morgan fingerprint density at radius 1 is 0.943 bits per heavy atom. The Bertz CT molecular complexity index is 770. The summed E-state index contributed by atoms with van der Waals surface area (Å²) in [5.41, 5.74) is 0.758. The van der Waals surface area contributed by atoms with E-state index >= 15 is 0 Å². The van der Waals surface area contributed by atoms with E-state index in [1.165, 1.54) is 82.8 Å². The topological polar surface area (TPSA) is 88.8 Å². The van der Waals surface area contributed by atoms with Crippen molar-refractivity contribution in [3.8, 4) is 6.07 Å². The smallest absolute Gasteiger partial charge is 0.371 e. The monoisotopic (exact) mass is 513 g/mol. The minimum Gasteiger partial charge on any atom is -0.371 e. The molecule has 1 aromatic carbocycles. The van der Waals surface area contributed by atoms with Gasteiger partial charge in [-0.15, -0.1) is 0 Å². The molecule has 1 N–H and O–H groups in total. The van der Waals surface area contributed by atoms with Gasteiger partial charge in [0.1, 0.15) is 5.82 Å². The Kier molecular flexibility index (Phi) is 18.0. The van der Waals surface area contributed by atoms with Crippen molar-refractivity contribution < 1.29 is 27.6 Å². The molecule has 0 aliphatic carbocycles. The third-order valence-corrected chi connectivity index (χ3v) is 7.04. The molecule has 0 aliphatic rings. The lowest BCUT2D eigenvalue weighted by Gasteiger charge is -2.19. The molecule has 200 valence electrons. The molecule has 0 spiro atoms. The Hall–Kier alpha value is -1.29. The van der Waals surface area contributed by atoms with Crippen LogP contribution in [-0.4, -0.2) is 24.7 Å². The van der Waals surface area contributed by atoms with Crippen LogP contribution >= 0.6 is 7.82 Å². The van der Waals surface area contributed by atoms with E-state index < -0.39 is 19.7 Å². The van der Waals surface area contributed by atoms with Gasteiger partial charge in [0, 0.05) is 7.11 Å². The lowest BCUT2D eigenvalue weighted by atomic mass is 10.0. The van der Waals surface area contributed by atoms with Crippen LogP contribution in [-0.2, 0) is 25.0 Å². The van der Waals surface area contributed by atoms with Gasteiger partial charge in [0.05, 0.1) is 31.0 Å². The predicted molar refractivity (Wildman–Crippen MR) is 137 cm³/mol. The van der Waals surface area contributed by atoms with Crippen LogP contribution < -0.4 is 0 Å². The number of rotatable bonds is 22. The molecular weight excluding hydrogens is 468 g/mol. The van der Waals surface area contributed by atoms with Crippen molar-refractivity contribution in [2.45, 2.75) is 116 Å². The summed E-state index contributed by atoms with van der Waals surface area (Å²) >= 11 is 0. The Balaban J connectivity index is 2.26. The Morgan fingerprint density at radius 2 is 1.49 bits per heavy atom. The van der Waals surface area contributed by atoms with E-state index in [9.17, 15) is 13.8 Å². The van der Waals surface area contributed by atoms with Crippen LogP contribution in [0.2, 0.25) is 0 Å². The number of hydrogen-bond donors (Lipinski definition) is 1. The molecule has 1 rings (SSSR count). The van der Waals surface area contributed by atoms with Crippen LogP contribution in [0.3, 0.4) is 0 Å². The highest BCUT2D eigenvalue weighted by atomic mass is 31.2. The molecule has 6 nitrogen and oxygen atoms in total. The molecule has 35 heavy (non-hydrogen) atoms. The number of hydrogen-bond acceptors (Lipinski definition) is 5. The van der Waals surface area contributed by atoms with Crippen molar-refractivity contribution in [3.63, 3.8) is 0 Å². The third-order valence-electron chi connectivity index (χ3n) is 6.11. The van der Waals surface area contributed by atoms with Gasteiger partial charge in [0.15, 0.2) is 0 Å². The highest BCUT2D eigenvalue weighted by molar-refractivity contribution is 7.47. The van der Waals surface area contributed by atoms with Gasteiger partial charge in [-0.3, -0.25) is 9.05 Å². The van der Waals surface area contributed by atoms with Crippen LogP contribution in [0.25, 0.3) is 0 Å². The molecule has 0 bridgehead atoms. The summed E-state index contributed by atoms with van der Waals surface area (Å²) in [5.74, 6) is -0.498. The second kappa shape index (κ2) is 19.8. The average molecular weight is 514 g/mol. The summed E-state index contributed by atoms with van der Waals surface area (Å²) in [6.07, 6.45) is 18.0. The lowest BCUT2D eigenvalue weighted by molar-refractivity contribution is -0.00516. The molecule has 1 unspecified atom stereocenters. The van der Waals surface area contributed by atoms with Crippen LogP contribution in [0, 0.1) is 17.1 Å². The number of benzene rings is 1. The van der Waals surface area contributed by atoms with Crippen molar-refractivity contribution in [2.24, 2.45) is 0 Å². The maximum absolute atomic E-state index is 13.7. The fourth-order valence-electron chi connectivity index (χ4n) is 4.02. The molecule has 2 atom stereocenters. The van der Waals surface area contributed by atoms with Crippen LogP contribution in [0.1, 0.15) is 114 Å². The number of halogens is 1. The zero-order valence-electron chi connectivity index (χ0n) is 21.7. The molecule has 0 aliphatic heterocycles. The largest absolute Gasteiger partial charge is 0.472 e. The van der Waals surface area contributed by atoms with E-state index in [2.05, 4.69) is 11.4 Å². The third kappa shape index (κ3) is 16.9. The van der Waals surface area contributed by atoms with E-state index in [-0.39, 0.29) is 18.8 Å². The van der Waals surface area contributed by atoms with Gasteiger partial charge < -0.3 is 9.63 Å². The maximum Gasteiger partial charge on any atom is 0.472 e. The number of ether oxygens (including phenoxy) is 1. The first-order valence-electron chi connectivity index (χ1n) is 13.2. The van der Waals surface area contributed by atoms with Gasteiger partial charge in [-0.05, 0) is 30.2 Å². The van der Waals surface area contributed by atoms with Gasteiger partial charge in [0.2, 0.25) is 0 Å². The molecule has 0 aromatic heterocycles. The number of nitrogens with zero attached hydrogens (tertiary/aromatic N) is 1. The van der Waals surface area contributed by atoms with Gasteiger partial charge in [-0.2, -0.15) is 5.26 Å². The highest BCUT2D eigenvalue weighted by Gasteiger charge is 2.22. The first kappa shape index (κ1) is 31.7. The molecule has 0 radical (unpaired) electrons. The SMILES string of the molecule is CCCCCCCCCCCCCCCC[C@@H](COP(=O)(O)OC)OCc1cc(F)cc(C#N)c1. The molecule has 8 heteroatoms.